The number of aromatic nitrogens is 2. The van der Waals surface area contributed by atoms with Crippen LogP contribution in [0.3, 0.4) is 0 Å². The van der Waals surface area contributed by atoms with E-state index in [9.17, 15) is 4.79 Å². The summed E-state index contributed by atoms with van der Waals surface area (Å²) in [5.41, 5.74) is 2.22. The molecule has 0 spiro atoms. The lowest BCUT2D eigenvalue weighted by Gasteiger charge is -2.04. The summed E-state index contributed by atoms with van der Waals surface area (Å²) >= 11 is 5.89. The molecule has 20 heavy (non-hydrogen) atoms. The molecule has 1 aromatic heterocycles. The number of hydrogen-bond acceptors (Lipinski definition) is 2. The van der Waals surface area contributed by atoms with Crippen LogP contribution < -0.4 is 10.6 Å². The van der Waals surface area contributed by atoms with Gasteiger partial charge in [0.1, 0.15) is 0 Å². The monoisotopic (exact) mass is 286 g/mol. The smallest absolute Gasteiger partial charge is 0.324 e. The predicted octanol–water partition coefficient (Wildman–Crippen LogP) is 3.86. The SMILES string of the molecule is O=C(Nc1ccccc1)Nc1nc2ccc(Cl)cc2[nH]1. The minimum Gasteiger partial charge on any atom is -0.324 e. The molecule has 0 bridgehead atoms. The third kappa shape index (κ3) is 2.73. The van der Waals surface area contributed by atoms with E-state index < -0.39 is 0 Å². The molecule has 3 N–H and O–H groups in total. The molecule has 0 fully saturated rings. The topological polar surface area (TPSA) is 69.8 Å². The molecule has 0 aliphatic heterocycles. The highest BCUT2D eigenvalue weighted by Crippen LogP contribution is 2.19. The minimum absolute atomic E-state index is 0.360. The third-order valence-corrected chi connectivity index (χ3v) is 2.94. The molecule has 0 aliphatic carbocycles. The van der Waals surface area contributed by atoms with Crippen LogP contribution in [0.1, 0.15) is 0 Å². The van der Waals surface area contributed by atoms with Gasteiger partial charge < -0.3 is 10.3 Å². The Morgan fingerprint density at radius 3 is 2.70 bits per heavy atom. The van der Waals surface area contributed by atoms with Crippen molar-refractivity contribution in [2.24, 2.45) is 0 Å². The molecule has 0 atom stereocenters. The molecular weight excluding hydrogens is 276 g/mol. The van der Waals surface area contributed by atoms with E-state index >= 15 is 0 Å². The highest BCUT2D eigenvalue weighted by atomic mass is 35.5. The van der Waals surface area contributed by atoms with Crippen molar-refractivity contribution >= 4 is 40.3 Å². The number of nitrogens with zero attached hydrogens (tertiary/aromatic N) is 1. The zero-order chi connectivity index (χ0) is 13.9. The van der Waals surface area contributed by atoms with Gasteiger partial charge >= 0.3 is 6.03 Å². The minimum atomic E-state index is -0.360. The quantitative estimate of drug-likeness (QED) is 0.669. The Labute approximate surface area is 120 Å². The molecular formula is C14H11ClN4O. The van der Waals surface area contributed by atoms with Crippen LogP contribution in [0.4, 0.5) is 16.4 Å². The number of fused-ring (bicyclic) bond motifs is 1. The molecule has 2 amide bonds. The molecule has 0 aliphatic rings. The Morgan fingerprint density at radius 1 is 1.10 bits per heavy atom. The predicted molar refractivity (Wildman–Crippen MR) is 80.2 cm³/mol. The van der Waals surface area contributed by atoms with Crippen molar-refractivity contribution in [3.8, 4) is 0 Å². The summed E-state index contributed by atoms with van der Waals surface area (Å²) in [7, 11) is 0. The summed E-state index contributed by atoms with van der Waals surface area (Å²) in [6, 6.07) is 14.1. The van der Waals surface area contributed by atoms with Crippen molar-refractivity contribution in [2.45, 2.75) is 0 Å². The van der Waals surface area contributed by atoms with E-state index in [1.54, 1.807) is 30.3 Å². The molecule has 100 valence electrons. The molecule has 0 saturated heterocycles. The number of amides is 2. The Hall–Kier alpha value is -2.53. The van der Waals surface area contributed by atoms with E-state index in [-0.39, 0.29) is 6.03 Å². The molecule has 2 aromatic carbocycles. The zero-order valence-electron chi connectivity index (χ0n) is 10.4. The largest absolute Gasteiger partial charge is 0.326 e. The van der Waals surface area contributed by atoms with Crippen LogP contribution in [0.2, 0.25) is 5.02 Å². The van der Waals surface area contributed by atoms with Crippen LogP contribution in [0, 0.1) is 0 Å². The molecule has 0 saturated carbocycles. The highest BCUT2D eigenvalue weighted by molar-refractivity contribution is 6.31. The van der Waals surface area contributed by atoms with Gasteiger partial charge in [-0.25, -0.2) is 9.78 Å². The summed E-state index contributed by atoms with van der Waals surface area (Å²) in [5.74, 6) is 0.371. The molecule has 3 rings (SSSR count). The summed E-state index contributed by atoms with van der Waals surface area (Å²) in [4.78, 5) is 19.1. The number of H-pyrrole nitrogens is 1. The van der Waals surface area contributed by atoms with Crippen LogP contribution in [-0.4, -0.2) is 16.0 Å². The number of imidazole rings is 1. The van der Waals surface area contributed by atoms with Gasteiger partial charge in [0.15, 0.2) is 0 Å². The molecule has 0 unspecified atom stereocenters. The number of anilines is 2. The second kappa shape index (κ2) is 5.22. The second-order valence-corrected chi connectivity index (χ2v) is 4.63. The second-order valence-electron chi connectivity index (χ2n) is 4.19. The van der Waals surface area contributed by atoms with Crippen LogP contribution in [0.25, 0.3) is 11.0 Å². The Bertz CT molecular complexity index is 754. The number of carbonyl (C=O) groups excluding carboxylic acids is 1. The van der Waals surface area contributed by atoms with Crippen molar-refractivity contribution in [1.29, 1.82) is 0 Å². The lowest BCUT2D eigenvalue weighted by molar-refractivity contribution is 0.262. The van der Waals surface area contributed by atoms with Gasteiger partial charge in [0.25, 0.3) is 0 Å². The van der Waals surface area contributed by atoms with Crippen LogP contribution in [0.15, 0.2) is 48.5 Å². The number of urea groups is 1. The maximum atomic E-state index is 11.8. The van der Waals surface area contributed by atoms with Gasteiger partial charge in [0.05, 0.1) is 11.0 Å². The molecule has 1 heterocycles. The first-order valence-electron chi connectivity index (χ1n) is 5.99. The standard InChI is InChI=1S/C14H11ClN4O/c15-9-6-7-11-12(8-9)18-13(17-11)19-14(20)16-10-4-2-1-3-5-10/h1-8H,(H3,16,17,18,19,20). The van der Waals surface area contributed by atoms with Crippen LogP contribution in [-0.2, 0) is 0 Å². The Morgan fingerprint density at radius 2 is 1.90 bits per heavy atom. The maximum Gasteiger partial charge on any atom is 0.326 e. The summed E-state index contributed by atoms with van der Waals surface area (Å²) in [6.45, 7) is 0. The highest BCUT2D eigenvalue weighted by Gasteiger charge is 2.07. The van der Waals surface area contributed by atoms with Gasteiger partial charge in [-0.1, -0.05) is 29.8 Å². The fourth-order valence-corrected chi connectivity index (χ4v) is 2.00. The number of halogens is 1. The van der Waals surface area contributed by atoms with Crippen molar-refractivity contribution in [2.75, 3.05) is 10.6 Å². The van der Waals surface area contributed by atoms with Gasteiger partial charge in [-0.15, -0.1) is 0 Å². The van der Waals surface area contributed by atoms with Crippen molar-refractivity contribution in [3.63, 3.8) is 0 Å². The third-order valence-electron chi connectivity index (χ3n) is 2.71. The van der Waals surface area contributed by atoms with Gasteiger partial charge in [-0.05, 0) is 30.3 Å². The van der Waals surface area contributed by atoms with Crippen LogP contribution in [0.5, 0.6) is 0 Å². The van der Waals surface area contributed by atoms with Crippen LogP contribution >= 0.6 is 11.6 Å². The molecule has 6 heteroatoms. The zero-order valence-corrected chi connectivity index (χ0v) is 11.1. The van der Waals surface area contributed by atoms with Gasteiger partial charge in [0.2, 0.25) is 5.95 Å². The first-order chi connectivity index (χ1) is 9.70. The molecule has 3 aromatic rings. The first-order valence-corrected chi connectivity index (χ1v) is 6.37. The average molecular weight is 287 g/mol. The van der Waals surface area contributed by atoms with Gasteiger partial charge in [0, 0.05) is 10.7 Å². The number of aromatic amines is 1. The van der Waals surface area contributed by atoms with E-state index in [2.05, 4.69) is 20.6 Å². The van der Waals surface area contributed by atoms with Crippen molar-refractivity contribution in [1.82, 2.24) is 9.97 Å². The van der Waals surface area contributed by atoms with Crippen molar-refractivity contribution in [3.05, 3.63) is 53.6 Å². The number of benzene rings is 2. The van der Waals surface area contributed by atoms with E-state index in [0.29, 0.717) is 16.7 Å². The summed E-state index contributed by atoms with van der Waals surface area (Å²) in [6.07, 6.45) is 0. The number of carbonyl (C=O) groups is 1. The fourth-order valence-electron chi connectivity index (χ4n) is 1.83. The number of nitrogens with one attached hydrogen (secondary N) is 3. The lowest BCUT2D eigenvalue weighted by atomic mass is 10.3. The van der Waals surface area contributed by atoms with E-state index in [1.807, 2.05) is 18.2 Å². The lowest BCUT2D eigenvalue weighted by Crippen LogP contribution is -2.20. The fraction of sp³-hybridized carbons (Fsp3) is 0. The Balaban J connectivity index is 1.74. The Kier molecular flexibility index (Phi) is 3.26. The van der Waals surface area contributed by atoms with E-state index in [1.165, 1.54) is 0 Å². The maximum absolute atomic E-state index is 11.8. The first kappa shape index (κ1) is 12.5. The number of hydrogen-bond donors (Lipinski definition) is 3. The number of para-hydroxylation sites is 1. The molecule has 0 radical (unpaired) electrons. The summed E-state index contributed by atoms with van der Waals surface area (Å²) in [5, 5.41) is 5.96. The normalized spacial score (nSPS) is 10.4. The van der Waals surface area contributed by atoms with Gasteiger partial charge in [-0.3, -0.25) is 5.32 Å². The average Bonchev–Trinajstić information content (AvgIpc) is 2.80. The molecule has 5 nitrogen and oxygen atoms in total. The van der Waals surface area contributed by atoms with Gasteiger partial charge in [-0.2, -0.15) is 0 Å². The van der Waals surface area contributed by atoms with E-state index in [4.69, 9.17) is 11.6 Å². The van der Waals surface area contributed by atoms with E-state index in [0.717, 1.165) is 11.0 Å². The summed E-state index contributed by atoms with van der Waals surface area (Å²) < 4.78 is 0. The van der Waals surface area contributed by atoms with Crippen molar-refractivity contribution < 1.29 is 4.79 Å². The number of rotatable bonds is 2.